The van der Waals surface area contributed by atoms with Crippen LogP contribution in [0.25, 0.3) is 0 Å². The Balaban J connectivity index is 1.82. The summed E-state index contributed by atoms with van der Waals surface area (Å²) in [5.41, 5.74) is 2.15. The van der Waals surface area contributed by atoms with E-state index in [9.17, 15) is 14.0 Å². The molecule has 1 aromatic carbocycles. The molecular weight excluding hydrogens is 367 g/mol. The van der Waals surface area contributed by atoms with Crippen molar-refractivity contribution in [2.24, 2.45) is 0 Å². The smallest absolute Gasteiger partial charge is 0.341 e. The van der Waals surface area contributed by atoms with E-state index < -0.39 is 5.97 Å². The van der Waals surface area contributed by atoms with Crippen molar-refractivity contribution in [3.8, 4) is 0 Å². The number of anilines is 1. The highest BCUT2D eigenvalue weighted by Gasteiger charge is 2.29. The molecule has 0 fully saturated rings. The third kappa shape index (κ3) is 4.36. The van der Waals surface area contributed by atoms with E-state index in [-0.39, 0.29) is 18.1 Å². The van der Waals surface area contributed by atoms with Gasteiger partial charge < -0.3 is 10.1 Å². The summed E-state index contributed by atoms with van der Waals surface area (Å²) in [4.78, 5) is 28.2. The average molecular weight is 390 g/mol. The van der Waals surface area contributed by atoms with Gasteiger partial charge in [0.15, 0.2) is 0 Å². The van der Waals surface area contributed by atoms with Crippen LogP contribution in [0.4, 0.5) is 9.39 Å². The lowest BCUT2D eigenvalue weighted by Gasteiger charge is -2.30. The Bertz CT molecular complexity index is 846. The Morgan fingerprint density at radius 3 is 2.63 bits per heavy atom. The predicted octanol–water partition coefficient (Wildman–Crippen LogP) is 3.62. The summed E-state index contributed by atoms with van der Waals surface area (Å²) in [6.07, 6.45) is 0.865. The predicted molar refractivity (Wildman–Crippen MR) is 104 cm³/mol. The van der Waals surface area contributed by atoms with Crippen LogP contribution >= 0.6 is 11.3 Å². The monoisotopic (exact) mass is 390 g/mol. The zero-order valence-electron chi connectivity index (χ0n) is 15.7. The van der Waals surface area contributed by atoms with Crippen LogP contribution < -0.4 is 5.32 Å². The number of benzene rings is 1. The zero-order valence-corrected chi connectivity index (χ0v) is 16.5. The first-order chi connectivity index (χ1) is 12.9. The quantitative estimate of drug-likeness (QED) is 0.793. The van der Waals surface area contributed by atoms with Crippen molar-refractivity contribution in [1.82, 2.24) is 4.90 Å². The van der Waals surface area contributed by atoms with Crippen LogP contribution in [-0.2, 0) is 28.9 Å². The molecule has 0 saturated carbocycles. The second-order valence-electron chi connectivity index (χ2n) is 6.87. The van der Waals surface area contributed by atoms with Gasteiger partial charge in [-0.3, -0.25) is 9.69 Å². The molecule has 0 bridgehead atoms. The van der Waals surface area contributed by atoms with Gasteiger partial charge in [0.2, 0.25) is 5.91 Å². The summed E-state index contributed by atoms with van der Waals surface area (Å²) in [6, 6.07) is 6.23. The number of methoxy groups -OCH3 is 1. The van der Waals surface area contributed by atoms with Crippen molar-refractivity contribution in [2.75, 3.05) is 19.0 Å². The number of hydrogen-bond donors (Lipinski definition) is 1. The summed E-state index contributed by atoms with van der Waals surface area (Å²) >= 11 is 1.43. The molecule has 0 radical (unpaired) electrons. The Morgan fingerprint density at radius 1 is 1.30 bits per heavy atom. The molecule has 1 amide bonds. The van der Waals surface area contributed by atoms with Gasteiger partial charge in [-0.25, -0.2) is 9.18 Å². The minimum atomic E-state index is -0.428. The fourth-order valence-corrected chi connectivity index (χ4v) is 4.51. The Hall–Kier alpha value is -2.25. The summed E-state index contributed by atoms with van der Waals surface area (Å²) in [7, 11) is 1.35. The lowest BCUT2D eigenvalue weighted by molar-refractivity contribution is -0.115. The van der Waals surface area contributed by atoms with Crippen LogP contribution in [0.15, 0.2) is 24.3 Å². The number of amides is 1. The summed E-state index contributed by atoms with van der Waals surface area (Å²) in [5.74, 6) is -1.01. The van der Waals surface area contributed by atoms with Crippen molar-refractivity contribution >= 4 is 28.2 Å². The SMILES string of the molecule is COC(=O)c1c(NC(=O)Cc2ccc(F)cc2)sc2c1CCN(C(C)C)C2. The molecule has 2 aromatic rings. The largest absolute Gasteiger partial charge is 0.465 e. The van der Waals surface area contributed by atoms with Gasteiger partial charge in [-0.05, 0) is 43.5 Å². The maximum absolute atomic E-state index is 13.0. The van der Waals surface area contributed by atoms with E-state index in [1.54, 1.807) is 12.1 Å². The van der Waals surface area contributed by atoms with Crippen molar-refractivity contribution in [3.63, 3.8) is 0 Å². The molecule has 3 rings (SSSR count). The summed E-state index contributed by atoms with van der Waals surface area (Å²) in [5, 5.41) is 3.39. The molecule has 1 aliphatic rings. The molecule has 0 unspecified atom stereocenters. The van der Waals surface area contributed by atoms with E-state index in [1.807, 2.05) is 0 Å². The first-order valence-corrected chi connectivity index (χ1v) is 9.72. The topological polar surface area (TPSA) is 58.6 Å². The summed E-state index contributed by atoms with van der Waals surface area (Å²) < 4.78 is 18.0. The number of fused-ring (bicyclic) bond motifs is 1. The van der Waals surface area contributed by atoms with Gasteiger partial charge in [0.25, 0.3) is 0 Å². The molecule has 27 heavy (non-hydrogen) atoms. The van der Waals surface area contributed by atoms with Crippen molar-refractivity contribution in [2.45, 2.75) is 39.3 Å². The van der Waals surface area contributed by atoms with Gasteiger partial charge >= 0.3 is 5.97 Å². The third-order valence-corrected chi connectivity index (χ3v) is 5.87. The molecule has 0 aliphatic carbocycles. The number of esters is 1. The highest BCUT2D eigenvalue weighted by Crippen LogP contribution is 2.38. The highest BCUT2D eigenvalue weighted by atomic mass is 32.1. The number of halogens is 1. The number of carbonyl (C=O) groups is 2. The number of rotatable bonds is 5. The maximum Gasteiger partial charge on any atom is 0.341 e. The third-order valence-electron chi connectivity index (χ3n) is 4.74. The van der Waals surface area contributed by atoms with E-state index in [4.69, 9.17) is 4.74 Å². The maximum atomic E-state index is 13.0. The Labute approximate surface area is 162 Å². The van der Waals surface area contributed by atoms with Crippen LogP contribution in [0.5, 0.6) is 0 Å². The molecule has 1 aromatic heterocycles. The standard InChI is InChI=1S/C20H23FN2O3S/c1-12(2)23-9-8-15-16(11-23)27-19(18(15)20(25)26-3)22-17(24)10-13-4-6-14(21)7-5-13/h4-7,12H,8-11H2,1-3H3,(H,22,24). The fourth-order valence-electron chi connectivity index (χ4n) is 3.23. The zero-order chi connectivity index (χ0) is 19.6. The number of ether oxygens (including phenoxy) is 1. The van der Waals surface area contributed by atoms with Gasteiger partial charge in [0, 0.05) is 24.0 Å². The number of carbonyl (C=O) groups excluding carboxylic acids is 2. The first-order valence-electron chi connectivity index (χ1n) is 8.90. The molecule has 7 heteroatoms. The normalized spacial score (nSPS) is 14.1. The molecule has 0 atom stereocenters. The number of thiophene rings is 1. The summed E-state index contributed by atoms with van der Waals surface area (Å²) in [6.45, 7) is 5.92. The van der Waals surface area contributed by atoms with E-state index in [1.165, 1.54) is 30.6 Å². The van der Waals surface area contributed by atoms with E-state index in [0.29, 0.717) is 22.2 Å². The molecule has 1 aliphatic heterocycles. The minimum Gasteiger partial charge on any atom is -0.465 e. The lowest BCUT2D eigenvalue weighted by Crippen LogP contribution is -2.35. The van der Waals surface area contributed by atoms with E-state index >= 15 is 0 Å². The fraction of sp³-hybridized carbons (Fsp3) is 0.400. The number of hydrogen-bond acceptors (Lipinski definition) is 5. The average Bonchev–Trinajstić information content (AvgIpc) is 2.99. The van der Waals surface area contributed by atoms with Crippen LogP contribution in [0, 0.1) is 5.82 Å². The molecule has 0 saturated heterocycles. The van der Waals surface area contributed by atoms with Gasteiger partial charge in [0.05, 0.1) is 19.1 Å². The van der Waals surface area contributed by atoms with Gasteiger partial charge in [-0.2, -0.15) is 0 Å². The Kier molecular flexibility index (Phi) is 5.92. The van der Waals surface area contributed by atoms with Crippen LogP contribution in [0.1, 0.15) is 40.2 Å². The van der Waals surface area contributed by atoms with Gasteiger partial charge in [0.1, 0.15) is 10.8 Å². The molecule has 2 heterocycles. The van der Waals surface area contributed by atoms with E-state index in [2.05, 4.69) is 24.1 Å². The first kappa shape index (κ1) is 19.5. The van der Waals surface area contributed by atoms with E-state index in [0.717, 1.165) is 30.0 Å². The second-order valence-corrected chi connectivity index (χ2v) is 7.97. The minimum absolute atomic E-state index is 0.113. The van der Waals surface area contributed by atoms with Crippen molar-refractivity contribution in [3.05, 3.63) is 51.7 Å². The number of nitrogens with zero attached hydrogens (tertiary/aromatic N) is 1. The van der Waals surface area contributed by atoms with Crippen molar-refractivity contribution < 1.29 is 18.7 Å². The van der Waals surface area contributed by atoms with Gasteiger partial charge in [-0.1, -0.05) is 12.1 Å². The second kappa shape index (κ2) is 8.19. The van der Waals surface area contributed by atoms with Crippen LogP contribution in [0.2, 0.25) is 0 Å². The highest BCUT2D eigenvalue weighted by molar-refractivity contribution is 7.17. The molecule has 1 N–H and O–H groups in total. The molecular formula is C20H23FN2O3S. The van der Waals surface area contributed by atoms with Gasteiger partial charge in [-0.15, -0.1) is 11.3 Å². The van der Waals surface area contributed by atoms with Crippen LogP contribution in [0.3, 0.4) is 0 Å². The molecule has 0 spiro atoms. The molecule has 144 valence electrons. The lowest BCUT2D eigenvalue weighted by atomic mass is 10.0. The Morgan fingerprint density at radius 2 is 2.00 bits per heavy atom. The van der Waals surface area contributed by atoms with Crippen LogP contribution in [-0.4, -0.2) is 36.5 Å². The van der Waals surface area contributed by atoms with Crippen molar-refractivity contribution in [1.29, 1.82) is 0 Å². The molecule has 5 nitrogen and oxygen atoms in total. The number of nitrogens with one attached hydrogen (secondary N) is 1.